The van der Waals surface area contributed by atoms with E-state index in [2.05, 4.69) is 4.98 Å². The number of halogens is 3. The van der Waals surface area contributed by atoms with Crippen molar-refractivity contribution in [2.75, 3.05) is 0 Å². The maximum atomic E-state index is 13.0. The topological polar surface area (TPSA) is 12.9 Å². The third-order valence-electron chi connectivity index (χ3n) is 1.93. The molecule has 0 aliphatic heterocycles. The van der Waals surface area contributed by atoms with Crippen molar-refractivity contribution >= 4 is 23.2 Å². The van der Waals surface area contributed by atoms with E-state index >= 15 is 0 Å². The molecule has 76 valence electrons. The third kappa shape index (κ3) is 2.28. The van der Waals surface area contributed by atoms with Crippen LogP contribution in [-0.2, 0) is 0 Å². The molecule has 4 heteroatoms. The summed E-state index contributed by atoms with van der Waals surface area (Å²) >= 11 is 11.7. The second-order valence-electron chi connectivity index (χ2n) is 2.98. The van der Waals surface area contributed by atoms with Crippen LogP contribution < -0.4 is 0 Å². The van der Waals surface area contributed by atoms with Gasteiger partial charge in [-0.15, -0.1) is 0 Å². The lowest BCUT2D eigenvalue weighted by atomic mass is 10.1. The van der Waals surface area contributed by atoms with Gasteiger partial charge in [0.15, 0.2) is 0 Å². The van der Waals surface area contributed by atoms with Crippen molar-refractivity contribution < 1.29 is 4.39 Å². The van der Waals surface area contributed by atoms with Crippen molar-refractivity contribution in [2.24, 2.45) is 0 Å². The molecule has 2 aromatic rings. The number of nitrogens with zero attached hydrogens (tertiary/aromatic N) is 1. The summed E-state index contributed by atoms with van der Waals surface area (Å²) in [6.07, 6.45) is 1.40. The first kappa shape index (κ1) is 10.4. The summed E-state index contributed by atoms with van der Waals surface area (Å²) in [6, 6.07) is 7.62. The highest BCUT2D eigenvalue weighted by Gasteiger charge is 2.05. The molecule has 0 unspecified atom stereocenters. The molecule has 1 aromatic carbocycles. The van der Waals surface area contributed by atoms with Gasteiger partial charge in [-0.2, -0.15) is 0 Å². The molecule has 0 bridgehead atoms. The molecule has 1 nitrogen and oxygen atoms in total. The molecular weight excluding hydrogens is 236 g/mol. The lowest BCUT2D eigenvalue weighted by molar-refractivity contribution is 0.626. The Labute approximate surface area is 96.5 Å². The van der Waals surface area contributed by atoms with Crippen LogP contribution in [0.1, 0.15) is 0 Å². The zero-order valence-electron chi connectivity index (χ0n) is 7.55. The molecule has 1 heterocycles. The first-order valence-corrected chi connectivity index (χ1v) is 4.99. The van der Waals surface area contributed by atoms with Gasteiger partial charge in [-0.25, -0.2) is 4.39 Å². The van der Waals surface area contributed by atoms with Crippen molar-refractivity contribution in [3.05, 3.63) is 52.4 Å². The van der Waals surface area contributed by atoms with Crippen molar-refractivity contribution in [3.63, 3.8) is 0 Å². The van der Waals surface area contributed by atoms with Gasteiger partial charge in [-0.05, 0) is 24.3 Å². The maximum absolute atomic E-state index is 13.0. The zero-order valence-corrected chi connectivity index (χ0v) is 9.06. The van der Waals surface area contributed by atoms with E-state index in [0.717, 1.165) is 0 Å². The zero-order chi connectivity index (χ0) is 10.8. The SMILES string of the molecule is Fc1ccnc(-c2ccc(Cl)cc2Cl)c1. The Bertz CT molecular complexity index is 500. The van der Waals surface area contributed by atoms with Gasteiger partial charge in [0.05, 0.1) is 10.7 Å². The van der Waals surface area contributed by atoms with E-state index in [-0.39, 0.29) is 5.82 Å². The van der Waals surface area contributed by atoms with Crippen LogP contribution in [0.25, 0.3) is 11.3 Å². The fourth-order valence-electron chi connectivity index (χ4n) is 1.25. The van der Waals surface area contributed by atoms with Crippen molar-refractivity contribution in [2.45, 2.75) is 0 Å². The van der Waals surface area contributed by atoms with E-state index in [1.807, 2.05) is 0 Å². The fourth-order valence-corrected chi connectivity index (χ4v) is 1.75. The summed E-state index contributed by atoms with van der Waals surface area (Å²) in [5, 5.41) is 1.00. The number of hydrogen-bond donors (Lipinski definition) is 0. The molecule has 0 fully saturated rings. The molecule has 0 N–H and O–H groups in total. The van der Waals surface area contributed by atoms with E-state index in [0.29, 0.717) is 21.3 Å². The summed E-state index contributed by atoms with van der Waals surface area (Å²) in [5.74, 6) is -0.342. The summed E-state index contributed by atoms with van der Waals surface area (Å²) in [7, 11) is 0. The first-order chi connectivity index (χ1) is 7.16. The van der Waals surface area contributed by atoms with Gasteiger partial charge < -0.3 is 0 Å². The first-order valence-electron chi connectivity index (χ1n) is 4.24. The second kappa shape index (κ2) is 4.17. The lowest BCUT2D eigenvalue weighted by Gasteiger charge is -2.03. The lowest BCUT2D eigenvalue weighted by Crippen LogP contribution is -1.85. The second-order valence-corrected chi connectivity index (χ2v) is 3.83. The minimum Gasteiger partial charge on any atom is -0.256 e. The Kier molecular flexibility index (Phi) is 2.89. The Hall–Kier alpha value is -1.12. The Balaban J connectivity index is 2.54. The number of rotatable bonds is 1. The fraction of sp³-hybridized carbons (Fsp3) is 0. The van der Waals surface area contributed by atoms with Gasteiger partial charge in [0, 0.05) is 22.8 Å². The summed E-state index contributed by atoms with van der Waals surface area (Å²) in [5.41, 5.74) is 1.16. The molecule has 0 saturated carbocycles. The highest BCUT2D eigenvalue weighted by Crippen LogP contribution is 2.28. The van der Waals surface area contributed by atoms with Crippen LogP contribution in [0.4, 0.5) is 4.39 Å². The molecular formula is C11H6Cl2FN. The van der Waals surface area contributed by atoms with Gasteiger partial charge >= 0.3 is 0 Å². The number of aromatic nitrogens is 1. The van der Waals surface area contributed by atoms with E-state index in [9.17, 15) is 4.39 Å². The Morgan fingerprint density at radius 2 is 1.87 bits per heavy atom. The number of benzene rings is 1. The van der Waals surface area contributed by atoms with Crippen LogP contribution in [0.5, 0.6) is 0 Å². The van der Waals surface area contributed by atoms with Crippen LogP contribution in [0.2, 0.25) is 10.0 Å². The summed E-state index contributed by atoms with van der Waals surface area (Å²) in [6.45, 7) is 0. The summed E-state index contributed by atoms with van der Waals surface area (Å²) < 4.78 is 13.0. The number of pyridine rings is 1. The summed E-state index contributed by atoms with van der Waals surface area (Å²) in [4.78, 5) is 4.03. The van der Waals surface area contributed by atoms with Crippen molar-refractivity contribution in [3.8, 4) is 11.3 Å². The Morgan fingerprint density at radius 3 is 2.53 bits per heavy atom. The minimum absolute atomic E-state index is 0.342. The van der Waals surface area contributed by atoms with E-state index in [1.165, 1.54) is 18.3 Å². The highest BCUT2D eigenvalue weighted by atomic mass is 35.5. The molecule has 0 amide bonds. The van der Waals surface area contributed by atoms with Gasteiger partial charge in [0.2, 0.25) is 0 Å². The average Bonchev–Trinajstić information content (AvgIpc) is 2.17. The largest absolute Gasteiger partial charge is 0.256 e. The van der Waals surface area contributed by atoms with E-state index in [4.69, 9.17) is 23.2 Å². The van der Waals surface area contributed by atoms with Gasteiger partial charge in [0.1, 0.15) is 5.82 Å². The monoisotopic (exact) mass is 241 g/mol. The van der Waals surface area contributed by atoms with Crippen molar-refractivity contribution in [1.29, 1.82) is 0 Å². The van der Waals surface area contributed by atoms with Crippen LogP contribution in [-0.4, -0.2) is 4.98 Å². The van der Waals surface area contributed by atoms with Crippen LogP contribution in [0, 0.1) is 5.82 Å². The molecule has 0 atom stereocenters. The quantitative estimate of drug-likeness (QED) is 0.730. The molecule has 0 saturated heterocycles. The third-order valence-corrected chi connectivity index (χ3v) is 2.48. The molecule has 0 spiro atoms. The van der Waals surface area contributed by atoms with Crippen LogP contribution in [0.15, 0.2) is 36.5 Å². The van der Waals surface area contributed by atoms with Crippen LogP contribution in [0.3, 0.4) is 0 Å². The van der Waals surface area contributed by atoms with E-state index < -0.39 is 0 Å². The Morgan fingerprint density at radius 1 is 1.07 bits per heavy atom. The smallest absolute Gasteiger partial charge is 0.126 e. The predicted octanol–water partition coefficient (Wildman–Crippen LogP) is 4.19. The van der Waals surface area contributed by atoms with E-state index in [1.54, 1.807) is 18.2 Å². The van der Waals surface area contributed by atoms with Gasteiger partial charge in [-0.3, -0.25) is 4.98 Å². The maximum Gasteiger partial charge on any atom is 0.126 e. The molecule has 0 radical (unpaired) electrons. The standard InChI is InChI=1S/C11H6Cl2FN/c12-7-1-2-9(10(13)5-7)11-6-8(14)3-4-15-11/h1-6H. The highest BCUT2D eigenvalue weighted by molar-refractivity contribution is 6.36. The number of hydrogen-bond acceptors (Lipinski definition) is 1. The van der Waals surface area contributed by atoms with Crippen LogP contribution >= 0.6 is 23.2 Å². The molecule has 0 aliphatic rings. The van der Waals surface area contributed by atoms with Crippen molar-refractivity contribution in [1.82, 2.24) is 4.98 Å². The van der Waals surface area contributed by atoms with Gasteiger partial charge in [0.25, 0.3) is 0 Å². The molecule has 1 aromatic heterocycles. The predicted molar refractivity (Wildman–Crippen MR) is 59.7 cm³/mol. The average molecular weight is 242 g/mol. The normalized spacial score (nSPS) is 10.3. The molecule has 0 aliphatic carbocycles. The molecule has 15 heavy (non-hydrogen) atoms. The molecule has 2 rings (SSSR count). The van der Waals surface area contributed by atoms with Gasteiger partial charge in [-0.1, -0.05) is 23.2 Å². The minimum atomic E-state index is -0.342.